The maximum Gasteiger partial charge on any atom is 0.408 e. The van der Waals surface area contributed by atoms with Gasteiger partial charge in [-0.25, -0.2) is 9.59 Å². The molecule has 2 N–H and O–H groups in total. The van der Waals surface area contributed by atoms with Crippen LogP contribution >= 0.6 is 0 Å². The molecule has 0 saturated carbocycles. The summed E-state index contributed by atoms with van der Waals surface area (Å²) in [7, 11) is 0. The lowest BCUT2D eigenvalue weighted by Gasteiger charge is -2.27. The number of amides is 1. The van der Waals surface area contributed by atoms with Gasteiger partial charge in [0.1, 0.15) is 5.60 Å². The van der Waals surface area contributed by atoms with Crippen LogP contribution in [0.4, 0.5) is 4.79 Å². The zero-order valence-electron chi connectivity index (χ0n) is 15.7. The fraction of sp³-hybridized carbons (Fsp3) is 0.333. The van der Waals surface area contributed by atoms with Gasteiger partial charge in [-0.3, -0.25) is 0 Å². The van der Waals surface area contributed by atoms with Crippen LogP contribution in [0.3, 0.4) is 0 Å². The molecule has 0 aliphatic heterocycles. The molecule has 6 nitrogen and oxygen atoms in total. The van der Waals surface area contributed by atoms with E-state index in [1.165, 1.54) is 0 Å². The van der Waals surface area contributed by atoms with Crippen LogP contribution in [0.1, 0.15) is 37.9 Å². The molecule has 2 aromatic carbocycles. The lowest BCUT2D eigenvalue weighted by molar-refractivity contribution is -0.153. The van der Waals surface area contributed by atoms with Gasteiger partial charge in [0.2, 0.25) is 0 Å². The van der Waals surface area contributed by atoms with Crippen LogP contribution in [-0.4, -0.2) is 28.9 Å². The zero-order chi connectivity index (χ0) is 19.9. The largest absolute Gasteiger partial charge is 0.479 e. The molecule has 0 aliphatic carbocycles. The van der Waals surface area contributed by atoms with Crippen LogP contribution in [0, 0.1) is 0 Å². The highest BCUT2D eigenvalue weighted by atomic mass is 16.6. The molecule has 0 heterocycles. The van der Waals surface area contributed by atoms with E-state index in [-0.39, 0.29) is 6.61 Å². The predicted molar refractivity (Wildman–Crippen MR) is 101 cm³/mol. The van der Waals surface area contributed by atoms with Gasteiger partial charge in [0.15, 0.2) is 6.10 Å². The van der Waals surface area contributed by atoms with Crippen molar-refractivity contribution in [3.05, 3.63) is 71.8 Å². The Morgan fingerprint density at radius 1 is 1.00 bits per heavy atom. The minimum atomic E-state index is -1.28. The number of hydrogen-bond donors (Lipinski definition) is 2. The number of rotatable bonds is 7. The summed E-state index contributed by atoms with van der Waals surface area (Å²) in [5.41, 5.74) is 0.756. The molecule has 1 amide bonds. The molecule has 0 aliphatic rings. The molecule has 2 aromatic rings. The molecule has 6 heteroatoms. The summed E-state index contributed by atoms with van der Waals surface area (Å²) >= 11 is 0. The molecular formula is C21H25NO5. The molecular weight excluding hydrogens is 346 g/mol. The van der Waals surface area contributed by atoms with Gasteiger partial charge in [0.05, 0.1) is 12.6 Å². The summed E-state index contributed by atoms with van der Waals surface area (Å²) in [5, 5.41) is 12.4. The third-order valence-electron chi connectivity index (χ3n) is 3.65. The molecule has 2 atom stereocenters. The average molecular weight is 371 g/mol. The second-order valence-corrected chi connectivity index (χ2v) is 7.09. The summed E-state index contributed by atoms with van der Waals surface area (Å²) in [5.74, 6) is -1.17. The zero-order valence-corrected chi connectivity index (χ0v) is 15.7. The summed E-state index contributed by atoms with van der Waals surface area (Å²) in [4.78, 5) is 24.1. The lowest BCUT2D eigenvalue weighted by Crippen LogP contribution is -2.43. The topological polar surface area (TPSA) is 84.9 Å². The van der Waals surface area contributed by atoms with Crippen molar-refractivity contribution in [3.8, 4) is 0 Å². The van der Waals surface area contributed by atoms with Gasteiger partial charge in [-0.05, 0) is 31.9 Å². The van der Waals surface area contributed by atoms with E-state index in [4.69, 9.17) is 9.47 Å². The van der Waals surface area contributed by atoms with Gasteiger partial charge in [-0.2, -0.15) is 0 Å². The summed E-state index contributed by atoms with van der Waals surface area (Å²) in [6, 6.07) is 17.2. The molecule has 2 unspecified atom stereocenters. The first-order chi connectivity index (χ1) is 12.8. The van der Waals surface area contributed by atoms with Crippen LogP contribution in [-0.2, 0) is 20.9 Å². The van der Waals surface area contributed by atoms with Crippen LogP contribution in [0.25, 0.3) is 0 Å². The van der Waals surface area contributed by atoms with E-state index in [9.17, 15) is 14.7 Å². The Bertz CT molecular complexity index is 740. The lowest BCUT2D eigenvalue weighted by atomic mass is 10.0. The van der Waals surface area contributed by atoms with Crippen molar-refractivity contribution in [2.24, 2.45) is 0 Å². The second-order valence-electron chi connectivity index (χ2n) is 7.09. The Morgan fingerprint density at radius 3 is 2.07 bits per heavy atom. The molecule has 0 spiro atoms. The number of carbonyl (C=O) groups is 2. The average Bonchev–Trinajstić information content (AvgIpc) is 2.61. The van der Waals surface area contributed by atoms with Crippen LogP contribution in [0.2, 0.25) is 0 Å². The summed E-state index contributed by atoms with van der Waals surface area (Å²) in [6.07, 6.45) is -1.98. The Hall–Kier alpha value is -2.86. The van der Waals surface area contributed by atoms with Crippen molar-refractivity contribution in [1.29, 1.82) is 0 Å². The van der Waals surface area contributed by atoms with Gasteiger partial charge in [-0.15, -0.1) is 0 Å². The van der Waals surface area contributed by atoms with Gasteiger partial charge in [0, 0.05) is 0 Å². The number of benzene rings is 2. The Morgan fingerprint density at radius 2 is 1.56 bits per heavy atom. The molecule has 0 bridgehead atoms. The number of nitrogens with one attached hydrogen (secondary N) is 1. The maximum absolute atomic E-state index is 12.3. The Labute approximate surface area is 159 Å². The summed E-state index contributed by atoms with van der Waals surface area (Å²) in [6.45, 7) is 5.33. The van der Waals surface area contributed by atoms with Crippen LogP contribution < -0.4 is 5.32 Å². The van der Waals surface area contributed by atoms with Crippen LogP contribution in [0.15, 0.2) is 60.7 Å². The first kappa shape index (κ1) is 20.5. The number of carboxylic acids is 1. The molecule has 0 fully saturated rings. The van der Waals surface area contributed by atoms with Crippen molar-refractivity contribution >= 4 is 12.1 Å². The van der Waals surface area contributed by atoms with Gasteiger partial charge in [-0.1, -0.05) is 60.7 Å². The van der Waals surface area contributed by atoms with E-state index in [1.807, 2.05) is 36.4 Å². The fourth-order valence-electron chi connectivity index (χ4n) is 2.50. The quantitative estimate of drug-likeness (QED) is 0.770. The van der Waals surface area contributed by atoms with Crippen molar-refractivity contribution in [1.82, 2.24) is 5.32 Å². The predicted octanol–water partition coefficient (Wildman–Crippen LogP) is 3.92. The van der Waals surface area contributed by atoms with Crippen molar-refractivity contribution < 1.29 is 24.2 Å². The van der Waals surface area contributed by atoms with Gasteiger partial charge in [0.25, 0.3) is 0 Å². The van der Waals surface area contributed by atoms with Crippen molar-refractivity contribution in [2.75, 3.05) is 0 Å². The normalized spacial score (nSPS) is 13.4. The van der Waals surface area contributed by atoms with E-state index in [1.54, 1.807) is 45.0 Å². The maximum atomic E-state index is 12.3. The van der Waals surface area contributed by atoms with Gasteiger partial charge >= 0.3 is 12.1 Å². The van der Waals surface area contributed by atoms with E-state index in [0.29, 0.717) is 5.56 Å². The highest BCUT2D eigenvalue weighted by Crippen LogP contribution is 2.22. The Balaban J connectivity index is 2.22. The number of hydrogen-bond acceptors (Lipinski definition) is 4. The van der Waals surface area contributed by atoms with E-state index < -0.39 is 29.8 Å². The molecule has 27 heavy (non-hydrogen) atoms. The van der Waals surface area contributed by atoms with Crippen molar-refractivity contribution in [2.45, 2.75) is 45.1 Å². The minimum Gasteiger partial charge on any atom is -0.479 e. The van der Waals surface area contributed by atoms with E-state index in [0.717, 1.165) is 5.56 Å². The number of alkyl carbamates (subject to hydrolysis) is 1. The highest BCUT2D eigenvalue weighted by Gasteiger charge is 2.33. The third-order valence-corrected chi connectivity index (χ3v) is 3.65. The number of carbonyl (C=O) groups excluding carboxylic acids is 1. The molecule has 2 rings (SSSR count). The molecule has 0 aromatic heterocycles. The van der Waals surface area contributed by atoms with E-state index >= 15 is 0 Å². The first-order valence-corrected chi connectivity index (χ1v) is 8.69. The smallest absolute Gasteiger partial charge is 0.408 e. The molecule has 0 radical (unpaired) electrons. The highest BCUT2D eigenvalue weighted by molar-refractivity contribution is 5.76. The third kappa shape index (κ3) is 6.75. The first-order valence-electron chi connectivity index (χ1n) is 8.69. The SMILES string of the molecule is CC(C)(C)OC(=O)NC(c1ccccc1)C(OCc1ccccc1)C(=O)O. The van der Waals surface area contributed by atoms with Crippen LogP contribution in [0.5, 0.6) is 0 Å². The van der Waals surface area contributed by atoms with Crippen molar-refractivity contribution in [3.63, 3.8) is 0 Å². The number of ether oxygens (including phenoxy) is 2. The monoisotopic (exact) mass is 371 g/mol. The molecule has 0 saturated heterocycles. The number of aliphatic carboxylic acids is 1. The second kappa shape index (κ2) is 9.19. The minimum absolute atomic E-state index is 0.108. The fourth-order valence-corrected chi connectivity index (χ4v) is 2.50. The van der Waals surface area contributed by atoms with Gasteiger partial charge < -0.3 is 19.9 Å². The standard InChI is InChI=1S/C21H25NO5/c1-21(2,3)27-20(25)22-17(16-12-8-5-9-13-16)18(19(23)24)26-14-15-10-6-4-7-11-15/h4-13,17-18H,14H2,1-3H3,(H,22,25)(H,23,24). The number of carboxylic acid groups (broad SMARTS) is 1. The summed E-state index contributed by atoms with van der Waals surface area (Å²) < 4.78 is 11.0. The molecule has 144 valence electrons. The Kier molecular flexibility index (Phi) is 6.96. The van der Waals surface area contributed by atoms with E-state index in [2.05, 4.69) is 5.32 Å².